The highest BCUT2D eigenvalue weighted by molar-refractivity contribution is 7.16. The van der Waals surface area contributed by atoms with Crippen LogP contribution in [0.4, 0.5) is 5.00 Å². The van der Waals surface area contributed by atoms with Crippen molar-refractivity contribution < 1.29 is 4.79 Å². The molecule has 6 heteroatoms. The van der Waals surface area contributed by atoms with Crippen molar-refractivity contribution in [2.24, 2.45) is 0 Å². The highest BCUT2D eigenvalue weighted by Crippen LogP contribution is 2.43. The van der Waals surface area contributed by atoms with Gasteiger partial charge in [0, 0.05) is 47.1 Å². The average Bonchev–Trinajstić information content (AvgIpc) is 3.35. The fourth-order valence-corrected chi connectivity index (χ4v) is 5.82. The number of benzene rings is 1. The lowest BCUT2D eigenvalue weighted by Gasteiger charge is -2.38. The summed E-state index contributed by atoms with van der Waals surface area (Å²) in [7, 11) is 2.18. The van der Waals surface area contributed by atoms with E-state index >= 15 is 0 Å². The number of amides is 1. The SMILES string of the molecule is Cc1sc(NC(=O)c2ccccc2)c([C@H](c2cccs2)N2CCN(C)CC2)c1C. The van der Waals surface area contributed by atoms with Gasteiger partial charge in [0.15, 0.2) is 0 Å². The quantitative estimate of drug-likeness (QED) is 0.624. The first-order valence-electron chi connectivity index (χ1n) is 9.97. The predicted molar refractivity (Wildman–Crippen MR) is 123 cm³/mol. The topological polar surface area (TPSA) is 35.6 Å². The highest BCUT2D eigenvalue weighted by Gasteiger charge is 2.31. The van der Waals surface area contributed by atoms with Crippen molar-refractivity contribution in [3.8, 4) is 0 Å². The average molecular weight is 426 g/mol. The first-order valence-corrected chi connectivity index (χ1v) is 11.7. The van der Waals surface area contributed by atoms with Crippen LogP contribution in [0.1, 0.15) is 37.3 Å². The third-order valence-corrected chi connectivity index (χ3v) is 7.75. The van der Waals surface area contributed by atoms with Crippen LogP contribution in [0.2, 0.25) is 0 Å². The van der Waals surface area contributed by atoms with Gasteiger partial charge in [-0.15, -0.1) is 22.7 Å². The Bertz CT molecular complexity index is 958. The molecule has 4 rings (SSSR count). The molecule has 0 aliphatic carbocycles. The van der Waals surface area contributed by atoms with Gasteiger partial charge < -0.3 is 10.2 Å². The highest BCUT2D eigenvalue weighted by atomic mass is 32.1. The van der Waals surface area contributed by atoms with E-state index in [2.05, 4.69) is 53.5 Å². The van der Waals surface area contributed by atoms with Gasteiger partial charge in [-0.25, -0.2) is 0 Å². The van der Waals surface area contributed by atoms with Gasteiger partial charge in [0.1, 0.15) is 5.00 Å². The Hall–Kier alpha value is -1.99. The molecule has 1 aromatic carbocycles. The molecule has 0 saturated carbocycles. The van der Waals surface area contributed by atoms with Gasteiger partial charge in [-0.2, -0.15) is 0 Å². The molecule has 0 radical (unpaired) electrons. The van der Waals surface area contributed by atoms with Crippen LogP contribution in [-0.4, -0.2) is 48.9 Å². The van der Waals surface area contributed by atoms with Crippen molar-refractivity contribution >= 4 is 33.6 Å². The van der Waals surface area contributed by atoms with Gasteiger partial charge in [0.25, 0.3) is 5.91 Å². The van der Waals surface area contributed by atoms with Crippen molar-refractivity contribution in [1.29, 1.82) is 0 Å². The van der Waals surface area contributed by atoms with E-state index in [-0.39, 0.29) is 11.9 Å². The molecule has 2 aromatic heterocycles. The molecule has 1 aliphatic heterocycles. The molecule has 0 unspecified atom stereocenters. The number of rotatable bonds is 5. The second-order valence-corrected chi connectivity index (χ2v) is 9.81. The second-order valence-electron chi connectivity index (χ2n) is 7.60. The zero-order valence-electron chi connectivity index (χ0n) is 17.1. The maximum Gasteiger partial charge on any atom is 0.256 e. The van der Waals surface area contributed by atoms with Gasteiger partial charge in [0.05, 0.1) is 6.04 Å². The fraction of sp³-hybridized carbons (Fsp3) is 0.348. The minimum Gasteiger partial charge on any atom is -0.313 e. The van der Waals surface area contributed by atoms with Gasteiger partial charge >= 0.3 is 0 Å². The van der Waals surface area contributed by atoms with Crippen LogP contribution in [0.5, 0.6) is 0 Å². The zero-order valence-corrected chi connectivity index (χ0v) is 18.8. The Morgan fingerprint density at radius 2 is 1.76 bits per heavy atom. The third kappa shape index (κ3) is 4.31. The molecule has 1 amide bonds. The van der Waals surface area contributed by atoms with E-state index in [9.17, 15) is 4.79 Å². The number of nitrogens with one attached hydrogen (secondary N) is 1. The molecule has 29 heavy (non-hydrogen) atoms. The number of thiophene rings is 2. The Kier molecular flexibility index (Phi) is 6.15. The van der Waals surface area contributed by atoms with Crippen LogP contribution in [0.15, 0.2) is 47.8 Å². The molecule has 1 fully saturated rings. The summed E-state index contributed by atoms with van der Waals surface area (Å²) < 4.78 is 0. The molecule has 1 N–H and O–H groups in total. The summed E-state index contributed by atoms with van der Waals surface area (Å²) in [6.45, 7) is 8.53. The fourth-order valence-electron chi connectivity index (χ4n) is 3.86. The summed E-state index contributed by atoms with van der Waals surface area (Å²) >= 11 is 3.49. The van der Waals surface area contributed by atoms with Crippen LogP contribution in [0.25, 0.3) is 0 Å². The molecule has 0 spiro atoms. The standard InChI is InChI=1S/C23H27N3OS2/c1-16-17(2)29-23(24-22(27)18-8-5-4-6-9-18)20(16)21(19-10-7-15-28-19)26-13-11-25(3)12-14-26/h4-10,15,21H,11-14H2,1-3H3,(H,24,27)/t21-/m0/s1. The largest absolute Gasteiger partial charge is 0.313 e. The number of anilines is 1. The minimum atomic E-state index is -0.0450. The first-order chi connectivity index (χ1) is 14.0. The summed E-state index contributed by atoms with van der Waals surface area (Å²) in [5.74, 6) is -0.0450. The maximum absolute atomic E-state index is 12.9. The number of likely N-dealkylation sites (N-methyl/N-ethyl adjacent to an activating group) is 1. The lowest BCUT2D eigenvalue weighted by molar-refractivity contribution is 0.102. The van der Waals surface area contributed by atoms with Crippen molar-refractivity contribution in [3.05, 3.63) is 74.3 Å². The summed E-state index contributed by atoms with van der Waals surface area (Å²) in [5, 5.41) is 6.35. The summed E-state index contributed by atoms with van der Waals surface area (Å²) in [6, 6.07) is 14.0. The molecule has 3 aromatic rings. The molecule has 1 atom stereocenters. The van der Waals surface area contributed by atoms with E-state index in [0.29, 0.717) is 5.56 Å². The summed E-state index contributed by atoms with van der Waals surface area (Å²) in [5.41, 5.74) is 3.23. The molecule has 3 heterocycles. The van der Waals surface area contributed by atoms with Gasteiger partial charge in [0.2, 0.25) is 0 Å². The Morgan fingerprint density at radius 3 is 2.41 bits per heavy atom. The minimum absolute atomic E-state index is 0.0450. The molecular formula is C23H27N3OS2. The van der Waals surface area contributed by atoms with E-state index in [4.69, 9.17) is 0 Å². The normalized spacial score (nSPS) is 16.7. The smallest absolute Gasteiger partial charge is 0.256 e. The van der Waals surface area contributed by atoms with Crippen LogP contribution in [-0.2, 0) is 0 Å². The number of hydrogen-bond donors (Lipinski definition) is 1. The molecule has 1 aliphatic rings. The van der Waals surface area contributed by atoms with E-state index in [1.165, 1.54) is 20.9 Å². The van der Waals surface area contributed by atoms with Crippen LogP contribution in [0, 0.1) is 13.8 Å². The number of carbonyl (C=O) groups excluding carboxylic acids is 1. The lowest BCUT2D eigenvalue weighted by Crippen LogP contribution is -2.46. The van der Waals surface area contributed by atoms with Gasteiger partial charge in [-0.05, 0) is 50.0 Å². The monoisotopic (exact) mass is 425 g/mol. The molecule has 152 valence electrons. The Labute approximate surface area is 180 Å². The van der Waals surface area contributed by atoms with Gasteiger partial charge in [-0.3, -0.25) is 9.69 Å². The lowest BCUT2D eigenvalue weighted by atomic mass is 9.99. The number of aryl methyl sites for hydroxylation is 1. The van der Waals surface area contributed by atoms with Crippen molar-refractivity contribution in [3.63, 3.8) is 0 Å². The Morgan fingerprint density at radius 1 is 1.03 bits per heavy atom. The molecule has 0 bridgehead atoms. The number of nitrogens with zero attached hydrogens (tertiary/aromatic N) is 2. The molecule has 1 saturated heterocycles. The van der Waals surface area contributed by atoms with E-state index < -0.39 is 0 Å². The second kappa shape index (κ2) is 8.79. The zero-order chi connectivity index (χ0) is 20.4. The summed E-state index contributed by atoms with van der Waals surface area (Å²) in [4.78, 5) is 20.4. The van der Waals surface area contributed by atoms with Crippen LogP contribution in [0.3, 0.4) is 0 Å². The predicted octanol–water partition coefficient (Wildman–Crippen LogP) is 5.02. The van der Waals surface area contributed by atoms with E-state index in [1.54, 1.807) is 22.7 Å². The number of piperazine rings is 1. The van der Waals surface area contributed by atoms with Crippen LogP contribution >= 0.6 is 22.7 Å². The first kappa shape index (κ1) is 20.3. The van der Waals surface area contributed by atoms with Crippen LogP contribution < -0.4 is 5.32 Å². The maximum atomic E-state index is 12.9. The Balaban J connectivity index is 1.72. The number of carbonyl (C=O) groups is 1. The van der Waals surface area contributed by atoms with Crippen molar-refractivity contribution in [2.45, 2.75) is 19.9 Å². The van der Waals surface area contributed by atoms with Crippen molar-refractivity contribution in [1.82, 2.24) is 9.80 Å². The van der Waals surface area contributed by atoms with Crippen molar-refractivity contribution in [2.75, 3.05) is 38.5 Å². The van der Waals surface area contributed by atoms with Gasteiger partial charge in [-0.1, -0.05) is 24.3 Å². The number of hydrogen-bond acceptors (Lipinski definition) is 5. The third-order valence-electron chi connectivity index (χ3n) is 5.68. The summed E-state index contributed by atoms with van der Waals surface area (Å²) in [6.07, 6.45) is 0. The van der Waals surface area contributed by atoms with E-state index in [1.807, 2.05) is 30.3 Å². The van der Waals surface area contributed by atoms with E-state index in [0.717, 1.165) is 31.2 Å². The molecule has 4 nitrogen and oxygen atoms in total. The molecular weight excluding hydrogens is 398 g/mol.